The molecule has 51 heteroatoms. The Labute approximate surface area is 854 Å². The Morgan fingerprint density at radius 3 is 0.959 bits per heavy atom. The van der Waals surface area contributed by atoms with Crippen LogP contribution >= 0.6 is 15.9 Å². The minimum absolute atomic E-state index is 0.0273. The molecule has 0 bridgehead atoms. The normalized spacial score (nSPS) is 15.5. The van der Waals surface area contributed by atoms with Crippen molar-refractivity contribution in [3.05, 3.63) is 142 Å². The van der Waals surface area contributed by atoms with E-state index >= 15 is 0 Å². The number of ketones is 2. The van der Waals surface area contributed by atoms with Crippen LogP contribution in [0.2, 0.25) is 0 Å². The molecule has 2 unspecified atom stereocenters. The third kappa shape index (κ3) is 47.2. The molecule has 2 aliphatic rings. The number of aromatic nitrogens is 2. The lowest BCUT2D eigenvalue weighted by Crippen LogP contribution is -2.52. The number of amides is 8. The van der Waals surface area contributed by atoms with Gasteiger partial charge in [-0.3, -0.25) is 102 Å². The van der Waals surface area contributed by atoms with Crippen LogP contribution in [0.15, 0.2) is 108 Å². The highest BCUT2D eigenvalue weighted by Gasteiger charge is 2.35. The average Bonchev–Trinajstić information content (AvgIpc) is 0.815. The summed E-state index contributed by atoms with van der Waals surface area (Å²) >= 11 is 3.29. The molecule has 6 atom stereocenters. The number of benzene rings is 3. The molecule has 3 aromatic carbocycles. The molecule has 0 saturated carbocycles. The fourth-order valence-corrected chi connectivity index (χ4v) is 16.5. The Balaban J connectivity index is 0.000000449. The predicted octanol–water partition coefficient (Wildman–Crippen LogP) is 1.50. The van der Waals surface area contributed by atoms with E-state index in [1.807, 2.05) is 24.3 Å². The summed E-state index contributed by atoms with van der Waals surface area (Å²) in [5, 5.41) is 132. The van der Waals surface area contributed by atoms with Gasteiger partial charge in [0.2, 0.25) is 11.8 Å². The van der Waals surface area contributed by atoms with Crippen LogP contribution < -0.4 is 31.9 Å². The summed E-state index contributed by atoms with van der Waals surface area (Å²) in [5.41, 5.74) is 3.28. The molecule has 4 heterocycles. The summed E-state index contributed by atoms with van der Waals surface area (Å²) < 4.78 is 0.578. The molecule has 5 aromatic rings. The van der Waals surface area contributed by atoms with Gasteiger partial charge in [-0.15, -0.1) is 0 Å². The zero-order valence-corrected chi connectivity index (χ0v) is 83.3. The number of Topliss-reactive ketones (excluding diaryl/α,β-unsaturated/α-hetero) is 2. The predicted molar refractivity (Wildman–Crippen MR) is 525 cm³/mol. The number of halogens is 1. The number of carboxylic acid groups (broad SMARTS) is 12. The van der Waals surface area contributed by atoms with Gasteiger partial charge in [-0.05, 0) is 152 Å². The first-order chi connectivity index (χ1) is 69.8. The standard InChI is InChI=1S/C50H67N9O16.C46H64BrN9O16/c1-33(60)9-14-40(48(71)72)54-50(75)53-39(47(69)70)8-4-5-17-59(29-37-28-51-27-36-6-2-3-7-38(36)37)46(68)35-12-10-34(11-13-35)26-52-42(61)16-15-41(49(73)74)58-24-22-56(31-44(64)65)20-18-55(30-43(62)63)19-21-57(23-25-58)32-45(66)67;1-30(57)5-11-35(44(68)69)51-46(72)50-34(43(66)67)4-2-3-15-56(26-32-8-13-37(47)48-25-32)42(65)33-9-6-31(7-10-33)24-49-38(58)14-12-36(45(70)71)55-22-20-53(28-40(61)62)18-16-52(27-39(59)60)17-19-54(21-23-55)29-41(63)64/h2-3,6-7,10-13,27-28,39-41H,4-5,8-9,14-26,29-32H2,1H3,(H,52,61)(H,62,63)(H,64,65)(H,66,67)(H,69,70)(H,71,72)(H,73,74)(H2,53,54,75);6-10,13,25,34-36H,2-5,11-12,14-24,26-29H2,1H3,(H,49,58)(H,59,60)(H,61,62)(H,63,64)(H,66,67)(H,68,69)(H,70,71)(H2,50,51,72)/t39-,40-,41?;34-,35-,36?/m11/s1. The van der Waals surface area contributed by atoms with E-state index in [-0.39, 0.29) is 284 Å². The van der Waals surface area contributed by atoms with Crippen LogP contribution in [0.3, 0.4) is 0 Å². The summed E-state index contributed by atoms with van der Waals surface area (Å²) in [6.07, 6.45) is 4.67. The Hall–Kier alpha value is -14.2. The van der Waals surface area contributed by atoms with E-state index in [9.17, 15) is 157 Å². The molecule has 18 N–H and O–H groups in total. The number of carbonyl (C=O) groups excluding carboxylic acids is 8. The number of carbonyl (C=O) groups is 20. The maximum absolute atomic E-state index is 14.2. The number of nitrogens with one attached hydrogen (secondary N) is 6. The van der Waals surface area contributed by atoms with Crippen molar-refractivity contribution in [3.63, 3.8) is 0 Å². The monoisotopic (exact) mass is 2130 g/mol. The lowest BCUT2D eigenvalue weighted by atomic mass is 10.1. The molecule has 804 valence electrons. The molecule has 7 rings (SSSR count). The van der Waals surface area contributed by atoms with E-state index in [4.69, 9.17) is 0 Å². The van der Waals surface area contributed by atoms with E-state index < -0.39 is 132 Å². The van der Waals surface area contributed by atoms with Crippen molar-refractivity contribution in [1.29, 1.82) is 0 Å². The number of hydrogen-bond donors (Lipinski definition) is 18. The molecule has 2 aliphatic heterocycles. The summed E-state index contributed by atoms with van der Waals surface area (Å²) in [6, 6.07) is 13.8. The molecule has 50 nitrogen and oxygen atoms in total. The zero-order valence-electron chi connectivity index (χ0n) is 81.8. The number of carboxylic acids is 12. The summed E-state index contributed by atoms with van der Waals surface area (Å²) in [7, 11) is 0. The van der Waals surface area contributed by atoms with Crippen LogP contribution in [0.1, 0.15) is 147 Å². The van der Waals surface area contributed by atoms with Crippen molar-refractivity contribution in [2.45, 2.75) is 166 Å². The zero-order chi connectivity index (χ0) is 108. The third-order valence-corrected chi connectivity index (χ3v) is 24.7. The van der Waals surface area contributed by atoms with E-state index in [2.05, 4.69) is 57.8 Å². The maximum Gasteiger partial charge on any atom is 0.326 e. The van der Waals surface area contributed by atoms with Gasteiger partial charge in [0.25, 0.3) is 11.8 Å². The van der Waals surface area contributed by atoms with Gasteiger partial charge in [-0.25, -0.2) is 33.8 Å². The van der Waals surface area contributed by atoms with Crippen molar-refractivity contribution < 1.29 is 157 Å². The SMILES string of the molecule is CC(=O)CC[C@@H](NC(=O)N[C@H](CCCCN(Cc1ccc(Br)nc1)C(=O)c1ccc(CNC(=O)CCC(C(=O)O)N2CCN(CC(=O)O)CCN(CC(=O)O)CCN(CC(=O)O)CC2)cc1)C(=O)O)C(=O)O.CC(=O)CC[C@@H](NC(=O)N[C@H](CCCCN(Cc1cncc2ccccc12)C(=O)c1ccc(CNC(=O)CCC(C(=O)O)N2CCN(CC(=O)O)CCN(CC(=O)O)CCN(CC(=O)O)CC2)cc1)C(=O)O)C(=O)O. The van der Waals surface area contributed by atoms with E-state index in [1.165, 1.54) is 13.8 Å². The fraction of sp³-hybridized carbons (Fsp3) is 0.521. The largest absolute Gasteiger partial charge is 0.480 e. The number of unbranched alkanes of at least 4 members (excludes halogenated alkanes) is 2. The number of nitrogens with zero attached hydrogens (tertiary/aromatic N) is 12. The second kappa shape index (κ2) is 63.9. The van der Waals surface area contributed by atoms with Gasteiger partial charge in [0.1, 0.15) is 52.4 Å². The van der Waals surface area contributed by atoms with Gasteiger partial charge >= 0.3 is 83.7 Å². The molecule has 0 aliphatic carbocycles. The van der Waals surface area contributed by atoms with E-state index in [0.29, 0.717) is 45.3 Å². The van der Waals surface area contributed by atoms with Gasteiger partial charge < -0.3 is 113 Å². The summed E-state index contributed by atoms with van der Waals surface area (Å²) in [4.78, 5) is 269. The van der Waals surface area contributed by atoms with Crippen LogP contribution in [0.4, 0.5) is 9.59 Å². The van der Waals surface area contributed by atoms with Crippen LogP contribution in [-0.2, 0) is 103 Å². The molecule has 0 spiro atoms. The van der Waals surface area contributed by atoms with Crippen molar-refractivity contribution in [3.8, 4) is 0 Å². The number of fused-ring (bicyclic) bond motifs is 1. The van der Waals surface area contributed by atoms with Crippen molar-refractivity contribution >= 4 is 146 Å². The second-order valence-electron chi connectivity index (χ2n) is 35.6. The number of urea groups is 2. The Kier molecular flexibility index (Phi) is 52.8. The highest BCUT2D eigenvalue weighted by Crippen LogP contribution is 2.24. The first kappa shape index (κ1) is 121. The molecule has 2 saturated heterocycles. The molecular weight excluding hydrogens is 2000 g/mol. The molecule has 0 radical (unpaired) electrons. The van der Waals surface area contributed by atoms with Gasteiger partial charge in [0.05, 0.1) is 39.3 Å². The minimum atomic E-state index is -1.41. The smallest absolute Gasteiger partial charge is 0.326 e. The molecule has 2 aromatic heterocycles. The highest BCUT2D eigenvalue weighted by atomic mass is 79.9. The van der Waals surface area contributed by atoms with E-state index in [1.54, 1.807) is 128 Å². The number of aliphatic carboxylic acids is 12. The van der Waals surface area contributed by atoms with Gasteiger partial charge in [-0.2, -0.15) is 0 Å². The summed E-state index contributed by atoms with van der Waals surface area (Å²) in [6.45, 7) is 2.85. The minimum Gasteiger partial charge on any atom is -0.480 e. The number of hydrogen-bond acceptors (Lipinski definition) is 30. The van der Waals surface area contributed by atoms with Gasteiger partial charge in [-0.1, -0.05) is 54.6 Å². The van der Waals surface area contributed by atoms with Gasteiger partial charge in [0.15, 0.2) is 0 Å². The lowest BCUT2D eigenvalue weighted by molar-refractivity contribution is -0.145. The fourth-order valence-electron chi connectivity index (χ4n) is 16.2. The molecule has 2 fully saturated rings. The van der Waals surface area contributed by atoms with E-state index in [0.717, 1.165) is 16.3 Å². The Morgan fingerprint density at radius 1 is 0.340 bits per heavy atom. The second-order valence-corrected chi connectivity index (χ2v) is 36.4. The number of pyridine rings is 2. The van der Waals surface area contributed by atoms with Crippen LogP contribution in [0.5, 0.6) is 0 Å². The van der Waals surface area contributed by atoms with Gasteiger partial charge in [0, 0.05) is 205 Å². The van der Waals surface area contributed by atoms with Crippen molar-refractivity contribution in [2.75, 3.05) is 157 Å². The average molecular weight is 2130 g/mol. The lowest BCUT2D eigenvalue weighted by Gasteiger charge is -2.35. The molecule has 8 amide bonds. The number of rotatable bonds is 56. The third-order valence-electron chi connectivity index (χ3n) is 24.2. The highest BCUT2D eigenvalue weighted by molar-refractivity contribution is 9.10. The van der Waals surface area contributed by atoms with Crippen molar-refractivity contribution in [1.82, 2.24) is 90.9 Å². The molecule has 147 heavy (non-hydrogen) atoms. The maximum atomic E-state index is 14.2. The topological polar surface area (TPSA) is 715 Å². The Morgan fingerprint density at radius 2 is 0.653 bits per heavy atom. The van der Waals surface area contributed by atoms with Crippen molar-refractivity contribution in [2.24, 2.45) is 0 Å². The summed E-state index contributed by atoms with van der Waals surface area (Å²) in [5.74, 6) is -16.9. The van der Waals surface area contributed by atoms with Crippen LogP contribution in [-0.4, -0.2) is 432 Å². The first-order valence-electron chi connectivity index (χ1n) is 47.6. The molecular formula is C96H131BrN18O32. The van der Waals surface area contributed by atoms with Crippen LogP contribution in [0, 0.1) is 0 Å². The first-order valence-corrected chi connectivity index (χ1v) is 48.4. The van der Waals surface area contributed by atoms with Crippen LogP contribution in [0.25, 0.3) is 10.8 Å². The Bertz CT molecular complexity index is 5230. The quantitative estimate of drug-likeness (QED) is 0.0194.